The number of nitriles is 1. The number of allylic oxidation sites excluding steroid dienone is 3. The van der Waals surface area contributed by atoms with E-state index in [4.69, 9.17) is 16.9 Å². The number of nitrogen functional groups attached to an aromatic ring is 1. The quantitative estimate of drug-likeness (QED) is 0.396. The van der Waals surface area contributed by atoms with Gasteiger partial charge in [-0.15, -0.1) is 6.42 Å². The molecule has 1 aliphatic heterocycles. The highest BCUT2D eigenvalue weighted by molar-refractivity contribution is 5.80. The van der Waals surface area contributed by atoms with Gasteiger partial charge < -0.3 is 20.9 Å². The number of ether oxygens (including phenoxy) is 1. The molecule has 148 valence electrons. The van der Waals surface area contributed by atoms with Crippen molar-refractivity contribution in [1.82, 2.24) is 10.3 Å². The Hall–Kier alpha value is -2.96. The molecule has 6 heteroatoms. The van der Waals surface area contributed by atoms with Crippen molar-refractivity contribution >= 4 is 11.4 Å². The summed E-state index contributed by atoms with van der Waals surface area (Å²) >= 11 is 0. The van der Waals surface area contributed by atoms with Crippen molar-refractivity contribution in [3.05, 3.63) is 40.5 Å². The Labute approximate surface area is 167 Å². The lowest BCUT2D eigenvalue weighted by atomic mass is 9.88. The van der Waals surface area contributed by atoms with Gasteiger partial charge in [-0.05, 0) is 61.8 Å². The molecular weight excluding hydrogens is 352 g/mol. The van der Waals surface area contributed by atoms with Crippen molar-refractivity contribution in [2.45, 2.75) is 39.5 Å². The first-order chi connectivity index (χ1) is 13.4. The van der Waals surface area contributed by atoms with Crippen LogP contribution in [0.3, 0.4) is 0 Å². The van der Waals surface area contributed by atoms with E-state index in [-0.39, 0.29) is 29.2 Å². The van der Waals surface area contributed by atoms with Gasteiger partial charge in [0, 0.05) is 6.54 Å². The second-order valence-corrected chi connectivity index (χ2v) is 7.24. The molecule has 1 aromatic rings. The van der Waals surface area contributed by atoms with E-state index in [0.29, 0.717) is 23.4 Å². The molecule has 2 rings (SSSR count). The van der Waals surface area contributed by atoms with Crippen LogP contribution >= 0.6 is 0 Å². The van der Waals surface area contributed by atoms with Gasteiger partial charge in [0.25, 0.3) is 0 Å². The Balaban J connectivity index is 2.65. The SMILES string of the molecule is C#C/C(OCC(C)C)=C(\C(O)=C/C)c1cc(C2CCCNC2)c(C#N)c(N)n1. The maximum absolute atomic E-state index is 10.5. The minimum absolute atomic E-state index is 0.0407. The molecule has 2 heterocycles. The Kier molecular flexibility index (Phi) is 7.49. The average molecular weight is 380 g/mol. The van der Waals surface area contributed by atoms with E-state index < -0.39 is 0 Å². The Morgan fingerprint density at radius 3 is 2.86 bits per heavy atom. The van der Waals surface area contributed by atoms with Crippen LogP contribution in [0.1, 0.15) is 56.4 Å². The van der Waals surface area contributed by atoms with Gasteiger partial charge in [-0.1, -0.05) is 13.8 Å². The van der Waals surface area contributed by atoms with Crippen molar-refractivity contribution in [2.24, 2.45) is 5.92 Å². The Morgan fingerprint density at radius 2 is 2.32 bits per heavy atom. The number of rotatable bonds is 6. The van der Waals surface area contributed by atoms with Crippen LogP contribution in [0.25, 0.3) is 5.57 Å². The molecule has 0 radical (unpaired) electrons. The Morgan fingerprint density at radius 1 is 1.57 bits per heavy atom. The zero-order valence-electron chi connectivity index (χ0n) is 16.7. The highest BCUT2D eigenvalue weighted by Crippen LogP contribution is 2.33. The molecule has 0 spiro atoms. The largest absolute Gasteiger partial charge is 0.507 e. The zero-order chi connectivity index (χ0) is 20.7. The molecule has 1 aliphatic rings. The topological polar surface area (TPSA) is 104 Å². The number of hydrogen-bond donors (Lipinski definition) is 3. The molecule has 4 N–H and O–H groups in total. The van der Waals surface area contributed by atoms with Crippen LogP contribution in [0.15, 0.2) is 23.7 Å². The Bertz CT molecular complexity index is 851. The lowest BCUT2D eigenvalue weighted by Crippen LogP contribution is -2.29. The molecule has 1 unspecified atom stereocenters. The minimum Gasteiger partial charge on any atom is -0.507 e. The van der Waals surface area contributed by atoms with Crippen LogP contribution in [-0.2, 0) is 4.74 Å². The van der Waals surface area contributed by atoms with E-state index in [1.54, 1.807) is 13.0 Å². The smallest absolute Gasteiger partial charge is 0.182 e. The molecular formula is C22H28N4O2. The number of aliphatic hydroxyl groups excluding tert-OH is 1. The lowest BCUT2D eigenvalue weighted by molar-refractivity contribution is 0.193. The van der Waals surface area contributed by atoms with Gasteiger partial charge in [-0.2, -0.15) is 5.26 Å². The number of nitrogens with one attached hydrogen (secondary N) is 1. The molecule has 1 fully saturated rings. The molecule has 28 heavy (non-hydrogen) atoms. The maximum atomic E-state index is 10.5. The van der Waals surface area contributed by atoms with Crippen LogP contribution in [0, 0.1) is 29.6 Å². The molecule has 1 atom stereocenters. The number of aliphatic hydroxyl groups is 1. The summed E-state index contributed by atoms with van der Waals surface area (Å²) in [6.45, 7) is 7.85. The third-order valence-corrected chi connectivity index (χ3v) is 4.63. The average Bonchev–Trinajstić information content (AvgIpc) is 2.70. The highest BCUT2D eigenvalue weighted by Gasteiger charge is 2.24. The summed E-state index contributed by atoms with van der Waals surface area (Å²) in [6.07, 6.45) is 9.17. The van der Waals surface area contributed by atoms with E-state index in [9.17, 15) is 10.4 Å². The number of nitrogens with zero attached hydrogens (tertiary/aromatic N) is 2. The van der Waals surface area contributed by atoms with E-state index in [1.165, 1.54) is 6.08 Å². The second-order valence-electron chi connectivity index (χ2n) is 7.24. The standard InChI is InChI=1S/C22H28N4O2/c1-5-19(27)21(20(6-2)28-13-14(3)4)18-10-16(15-8-7-9-25-12-15)17(11-23)22(24)26-18/h2,5,10,14-15,25,27H,7-9,12-13H2,1,3-4H3,(H2,24,26)/b19-5+,21-20+. The fraction of sp³-hybridized carbons (Fsp3) is 0.455. The van der Waals surface area contributed by atoms with Gasteiger partial charge in [0.2, 0.25) is 0 Å². The number of aromatic nitrogens is 1. The summed E-state index contributed by atoms with van der Waals surface area (Å²) in [5, 5.41) is 23.5. The first kappa shape index (κ1) is 21.3. The van der Waals surface area contributed by atoms with Crippen LogP contribution in [-0.4, -0.2) is 29.8 Å². The summed E-state index contributed by atoms with van der Waals surface area (Å²) in [5.74, 6) is 3.22. The highest BCUT2D eigenvalue weighted by atomic mass is 16.5. The zero-order valence-corrected chi connectivity index (χ0v) is 16.7. The number of terminal acetylenes is 1. The van der Waals surface area contributed by atoms with Crippen LogP contribution in [0.5, 0.6) is 0 Å². The van der Waals surface area contributed by atoms with Crippen LogP contribution < -0.4 is 11.1 Å². The van der Waals surface area contributed by atoms with E-state index in [0.717, 1.165) is 31.5 Å². The fourth-order valence-electron chi connectivity index (χ4n) is 3.22. The number of piperidine rings is 1. The molecule has 0 bridgehead atoms. The normalized spacial score (nSPS) is 18.2. The van der Waals surface area contributed by atoms with Gasteiger partial charge in [0.1, 0.15) is 17.6 Å². The van der Waals surface area contributed by atoms with Crippen molar-refractivity contribution in [2.75, 3.05) is 25.4 Å². The first-order valence-electron chi connectivity index (χ1n) is 9.53. The van der Waals surface area contributed by atoms with E-state index in [2.05, 4.69) is 22.3 Å². The monoisotopic (exact) mass is 380 g/mol. The second kappa shape index (κ2) is 9.82. The summed E-state index contributed by atoms with van der Waals surface area (Å²) in [7, 11) is 0. The summed E-state index contributed by atoms with van der Waals surface area (Å²) < 4.78 is 5.76. The van der Waals surface area contributed by atoms with Gasteiger partial charge in [-0.25, -0.2) is 4.98 Å². The maximum Gasteiger partial charge on any atom is 0.182 e. The van der Waals surface area contributed by atoms with E-state index in [1.807, 2.05) is 13.8 Å². The number of nitrogens with two attached hydrogens (primary N) is 1. The molecule has 0 aliphatic carbocycles. The first-order valence-corrected chi connectivity index (χ1v) is 9.53. The molecule has 0 aromatic carbocycles. The summed E-state index contributed by atoms with van der Waals surface area (Å²) in [6, 6.07) is 3.98. The molecule has 0 saturated carbocycles. The third-order valence-electron chi connectivity index (χ3n) is 4.63. The van der Waals surface area contributed by atoms with Crippen molar-refractivity contribution in [3.63, 3.8) is 0 Å². The van der Waals surface area contributed by atoms with Gasteiger partial charge >= 0.3 is 0 Å². The van der Waals surface area contributed by atoms with Crippen molar-refractivity contribution < 1.29 is 9.84 Å². The molecule has 0 amide bonds. The van der Waals surface area contributed by atoms with Crippen molar-refractivity contribution in [3.8, 4) is 18.4 Å². The van der Waals surface area contributed by atoms with E-state index >= 15 is 0 Å². The fourth-order valence-corrected chi connectivity index (χ4v) is 3.22. The van der Waals surface area contributed by atoms with Crippen LogP contribution in [0.2, 0.25) is 0 Å². The van der Waals surface area contributed by atoms with Crippen molar-refractivity contribution in [1.29, 1.82) is 5.26 Å². The summed E-state index contributed by atoms with van der Waals surface area (Å²) in [5.41, 5.74) is 8.03. The molecule has 6 nitrogen and oxygen atoms in total. The molecule has 1 saturated heterocycles. The van der Waals surface area contributed by atoms with Gasteiger partial charge in [-0.3, -0.25) is 0 Å². The van der Waals surface area contributed by atoms with Crippen LogP contribution in [0.4, 0.5) is 5.82 Å². The minimum atomic E-state index is -0.0407. The third kappa shape index (κ3) is 4.85. The number of pyridine rings is 1. The van der Waals surface area contributed by atoms with Gasteiger partial charge in [0.05, 0.1) is 23.4 Å². The summed E-state index contributed by atoms with van der Waals surface area (Å²) in [4.78, 5) is 4.37. The van der Waals surface area contributed by atoms with Gasteiger partial charge in [0.15, 0.2) is 5.76 Å². The lowest BCUT2D eigenvalue weighted by Gasteiger charge is -2.25. The molecule has 1 aromatic heterocycles. The number of anilines is 1. The number of hydrogen-bond acceptors (Lipinski definition) is 6. The predicted octanol–water partition coefficient (Wildman–Crippen LogP) is 3.48. The predicted molar refractivity (Wildman–Crippen MR) is 111 cm³/mol.